The second kappa shape index (κ2) is 8.52. The van der Waals surface area contributed by atoms with Crippen molar-refractivity contribution < 1.29 is 14.7 Å². The smallest absolute Gasteiger partial charge is 0.337 e. The summed E-state index contributed by atoms with van der Waals surface area (Å²) < 4.78 is 1.26. The Labute approximate surface area is 179 Å². The van der Waals surface area contributed by atoms with Crippen LogP contribution in [-0.2, 0) is 11.2 Å². The van der Waals surface area contributed by atoms with E-state index in [0.717, 1.165) is 11.3 Å². The van der Waals surface area contributed by atoms with E-state index >= 15 is 0 Å². The summed E-state index contributed by atoms with van der Waals surface area (Å²) in [6.07, 6.45) is 1.17. The molecule has 2 N–H and O–H groups in total. The summed E-state index contributed by atoms with van der Waals surface area (Å²) in [5.41, 5.74) is -0.280. The highest BCUT2D eigenvalue weighted by Crippen LogP contribution is 2.25. The minimum absolute atomic E-state index is 0.00723. The van der Waals surface area contributed by atoms with E-state index in [4.69, 9.17) is 23.2 Å². The summed E-state index contributed by atoms with van der Waals surface area (Å²) in [5, 5.41) is 14.2. The van der Waals surface area contributed by atoms with Gasteiger partial charge in [0.2, 0.25) is 5.91 Å². The molecule has 1 amide bonds. The SMILES string of the molecule is CCCc1nc2scc(C(=O)O)c2c(=O)n1C(C)C(=O)Nc1cc(Cl)cc(Cl)c1. The first kappa shape index (κ1) is 21.3. The van der Waals surface area contributed by atoms with E-state index < -0.39 is 23.5 Å². The average Bonchev–Trinajstić information content (AvgIpc) is 3.05. The number of thiophene rings is 1. The molecule has 2 heterocycles. The van der Waals surface area contributed by atoms with Gasteiger partial charge in [0.15, 0.2) is 0 Å². The molecule has 0 spiro atoms. The number of anilines is 1. The van der Waals surface area contributed by atoms with Gasteiger partial charge in [0, 0.05) is 27.5 Å². The number of carboxylic acids is 1. The van der Waals surface area contributed by atoms with Gasteiger partial charge in [-0.3, -0.25) is 14.2 Å². The molecule has 10 heteroatoms. The molecule has 0 aliphatic heterocycles. The molecular formula is C19H17Cl2N3O4S. The van der Waals surface area contributed by atoms with Crippen LogP contribution in [0, 0.1) is 0 Å². The van der Waals surface area contributed by atoms with E-state index in [9.17, 15) is 19.5 Å². The molecule has 0 radical (unpaired) electrons. The molecule has 2 aromatic heterocycles. The molecule has 0 aliphatic rings. The van der Waals surface area contributed by atoms with Crippen LogP contribution in [0.1, 0.15) is 42.5 Å². The van der Waals surface area contributed by atoms with Crippen molar-refractivity contribution in [2.75, 3.05) is 5.32 Å². The molecule has 3 aromatic rings. The number of benzene rings is 1. The Bertz CT molecular complexity index is 1150. The Morgan fingerprint density at radius 2 is 1.93 bits per heavy atom. The van der Waals surface area contributed by atoms with Gasteiger partial charge in [-0.15, -0.1) is 11.3 Å². The lowest BCUT2D eigenvalue weighted by molar-refractivity contribution is -0.118. The molecule has 1 atom stereocenters. The van der Waals surface area contributed by atoms with Crippen molar-refractivity contribution >= 4 is 62.3 Å². The Morgan fingerprint density at radius 1 is 1.28 bits per heavy atom. The van der Waals surface area contributed by atoms with Crippen LogP contribution in [0.4, 0.5) is 5.69 Å². The number of aryl methyl sites for hydroxylation is 1. The van der Waals surface area contributed by atoms with Crippen molar-refractivity contribution in [3.63, 3.8) is 0 Å². The standard InChI is InChI=1S/C19H17Cl2N3O4S/c1-3-4-14-23-17-15(13(8-29-17)19(27)28)18(26)24(14)9(2)16(25)22-12-6-10(20)5-11(21)7-12/h5-9H,3-4H2,1-2H3,(H,22,25)(H,27,28). The minimum Gasteiger partial charge on any atom is -0.478 e. The van der Waals surface area contributed by atoms with Crippen LogP contribution < -0.4 is 10.9 Å². The minimum atomic E-state index is -1.21. The highest BCUT2D eigenvalue weighted by Gasteiger charge is 2.25. The fraction of sp³-hybridized carbons (Fsp3) is 0.263. The van der Waals surface area contributed by atoms with E-state index in [-0.39, 0.29) is 10.9 Å². The lowest BCUT2D eigenvalue weighted by Gasteiger charge is -2.19. The molecule has 0 fully saturated rings. The lowest BCUT2D eigenvalue weighted by atomic mass is 10.2. The van der Waals surface area contributed by atoms with Gasteiger partial charge in [0.1, 0.15) is 16.7 Å². The third-order valence-electron chi connectivity index (χ3n) is 4.31. The number of amides is 1. The average molecular weight is 454 g/mol. The maximum atomic E-state index is 13.2. The first-order chi connectivity index (χ1) is 13.7. The van der Waals surface area contributed by atoms with Crippen LogP contribution in [0.2, 0.25) is 10.0 Å². The topological polar surface area (TPSA) is 101 Å². The van der Waals surface area contributed by atoms with Crippen LogP contribution in [0.25, 0.3) is 10.2 Å². The van der Waals surface area contributed by atoms with E-state index in [1.54, 1.807) is 6.92 Å². The van der Waals surface area contributed by atoms with Gasteiger partial charge >= 0.3 is 5.97 Å². The Hall–Kier alpha value is -2.42. The molecular weight excluding hydrogens is 437 g/mol. The van der Waals surface area contributed by atoms with Gasteiger partial charge in [0.25, 0.3) is 5.56 Å². The van der Waals surface area contributed by atoms with Crippen molar-refractivity contribution in [1.82, 2.24) is 9.55 Å². The number of aromatic nitrogens is 2. The largest absolute Gasteiger partial charge is 0.478 e. The molecule has 0 saturated heterocycles. The zero-order valence-electron chi connectivity index (χ0n) is 15.5. The first-order valence-electron chi connectivity index (χ1n) is 8.75. The van der Waals surface area contributed by atoms with E-state index in [2.05, 4.69) is 10.3 Å². The number of rotatable bonds is 6. The van der Waals surface area contributed by atoms with Crippen molar-refractivity contribution in [2.24, 2.45) is 0 Å². The molecule has 1 unspecified atom stereocenters. The fourth-order valence-electron chi connectivity index (χ4n) is 2.99. The third-order valence-corrected chi connectivity index (χ3v) is 5.62. The second-order valence-corrected chi connectivity index (χ2v) is 8.14. The molecule has 0 bridgehead atoms. The van der Waals surface area contributed by atoms with Crippen molar-refractivity contribution in [3.8, 4) is 0 Å². The number of carbonyl (C=O) groups excluding carboxylic acids is 1. The van der Waals surface area contributed by atoms with Gasteiger partial charge in [-0.25, -0.2) is 9.78 Å². The maximum absolute atomic E-state index is 13.2. The van der Waals surface area contributed by atoms with Gasteiger partial charge in [-0.1, -0.05) is 30.1 Å². The van der Waals surface area contributed by atoms with Crippen molar-refractivity contribution in [1.29, 1.82) is 0 Å². The summed E-state index contributed by atoms with van der Waals surface area (Å²) in [6, 6.07) is 3.68. The predicted molar refractivity (Wildman–Crippen MR) is 115 cm³/mol. The van der Waals surface area contributed by atoms with E-state index in [0.29, 0.717) is 39.2 Å². The van der Waals surface area contributed by atoms with Crippen LogP contribution in [0.5, 0.6) is 0 Å². The van der Waals surface area contributed by atoms with E-state index in [1.807, 2.05) is 6.92 Å². The molecule has 152 valence electrons. The highest BCUT2D eigenvalue weighted by atomic mass is 35.5. The Kier molecular flexibility index (Phi) is 6.26. The number of halogens is 2. The van der Waals surface area contributed by atoms with Crippen LogP contribution in [0.15, 0.2) is 28.4 Å². The second-order valence-electron chi connectivity index (χ2n) is 6.41. The van der Waals surface area contributed by atoms with Gasteiger partial charge in [0.05, 0.1) is 10.9 Å². The number of fused-ring (bicyclic) bond motifs is 1. The summed E-state index contributed by atoms with van der Waals surface area (Å²) in [7, 11) is 0. The van der Waals surface area contributed by atoms with Gasteiger partial charge in [-0.05, 0) is 31.5 Å². The number of hydrogen-bond donors (Lipinski definition) is 2. The highest BCUT2D eigenvalue weighted by molar-refractivity contribution is 7.17. The molecule has 0 saturated carbocycles. The predicted octanol–water partition coefficient (Wildman–Crippen LogP) is 4.62. The van der Waals surface area contributed by atoms with Gasteiger partial charge < -0.3 is 10.4 Å². The van der Waals surface area contributed by atoms with Crippen molar-refractivity contribution in [2.45, 2.75) is 32.7 Å². The summed E-state index contributed by atoms with van der Waals surface area (Å²) in [6.45, 7) is 3.48. The number of hydrogen-bond acceptors (Lipinski definition) is 5. The maximum Gasteiger partial charge on any atom is 0.337 e. The van der Waals surface area contributed by atoms with Crippen LogP contribution in [-0.4, -0.2) is 26.5 Å². The number of nitrogens with one attached hydrogen (secondary N) is 1. The fourth-order valence-corrected chi connectivity index (χ4v) is 4.44. The quantitative estimate of drug-likeness (QED) is 0.566. The van der Waals surface area contributed by atoms with Gasteiger partial charge in [-0.2, -0.15) is 0 Å². The molecule has 0 aliphatic carbocycles. The number of aromatic carboxylic acids is 1. The third kappa shape index (κ3) is 4.29. The Balaban J connectivity index is 2.08. The lowest BCUT2D eigenvalue weighted by Crippen LogP contribution is -2.35. The summed E-state index contributed by atoms with van der Waals surface area (Å²) in [4.78, 5) is 42.3. The monoisotopic (exact) mass is 453 g/mol. The first-order valence-corrected chi connectivity index (χ1v) is 10.4. The zero-order chi connectivity index (χ0) is 21.3. The van der Waals surface area contributed by atoms with Crippen LogP contribution in [0.3, 0.4) is 0 Å². The Morgan fingerprint density at radius 3 is 2.52 bits per heavy atom. The molecule has 7 nitrogen and oxygen atoms in total. The number of carbonyl (C=O) groups is 2. The molecule has 1 aromatic carbocycles. The molecule has 29 heavy (non-hydrogen) atoms. The number of nitrogens with zero attached hydrogens (tertiary/aromatic N) is 2. The zero-order valence-corrected chi connectivity index (χ0v) is 17.9. The number of carboxylic acid groups (broad SMARTS) is 1. The van der Waals surface area contributed by atoms with Crippen molar-refractivity contribution in [3.05, 3.63) is 55.4 Å². The normalized spacial score (nSPS) is 12.1. The molecule has 3 rings (SSSR count). The van der Waals surface area contributed by atoms with Crippen LogP contribution >= 0.6 is 34.5 Å². The van der Waals surface area contributed by atoms with E-state index in [1.165, 1.54) is 28.1 Å². The summed E-state index contributed by atoms with van der Waals surface area (Å²) in [5.74, 6) is -1.26. The summed E-state index contributed by atoms with van der Waals surface area (Å²) >= 11 is 13.0.